The molecule has 0 saturated carbocycles. The number of anilines is 2. The van der Waals surface area contributed by atoms with Gasteiger partial charge in [-0.3, -0.25) is 0 Å². The molecule has 0 aliphatic carbocycles. The summed E-state index contributed by atoms with van der Waals surface area (Å²) in [7, 11) is 0. The summed E-state index contributed by atoms with van der Waals surface area (Å²) in [5.74, 6) is -2.27. The van der Waals surface area contributed by atoms with Gasteiger partial charge in [0.2, 0.25) is 0 Å². The average Bonchev–Trinajstić information content (AvgIpc) is 2.39. The molecule has 0 aromatic heterocycles. The molecule has 0 heterocycles. The highest BCUT2D eigenvalue weighted by Crippen LogP contribution is 2.33. The van der Waals surface area contributed by atoms with Crippen molar-refractivity contribution in [2.75, 3.05) is 11.5 Å². The molecule has 0 spiro atoms. The zero-order chi connectivity index (χ0) is 16.6. The van der Waals surface area contributed by atoms with Crippen LogP contribution < -0.4 is 11.5 Å². The van der Waals surface area contributed by atoms with Crippen molar-refractivity contribution in [3.63, 3.8) is 0 Å². The molecule has 0 saturated heterocycles. The zero-order valence-corrected chi connectivity index (χ0v) is 12.2. The lowest BCUT2D eigenvalue weighted by Gasteiger charge is -2.14. The Labute approximate surface area is 127 Å². The van der Waals surface area contributed by atoms with Crippen molar-refractivity contribution in [2.45, 2.75) is 13.8 Å². The molecule has 0 aliphatic heterocycles. The lowest BCUT2D eigenvalue weighted by Crippen LogP contribution is -2.06. The predicted octanol–water partition coefficient (Wildman–Crippen LogP) is 2.53. The molecule has 6 N–H and O–H groups in total. The van der Waals surface area contributed by atoms with E-state index in [-0.39, 0.29) is 22.5 Å². The summed E-state index contributed by atoms with van der Waals surface area (Å²) in [4.78, 5) is 22.5. The maximum atomic E-state index is 11.2. The molecule has 0 bridgehead atoms. The molecule has 0 aliphatic rings. The Morgan fingerprint density at radius 3 is 1.36 bits per heavy atom. The summed E-state index contributed by atoms with van der Waals surface area (Å²) < 4.78 is 0. The summed E-state index contributed by atoms with van der Waals surface area (Å²) in [5.41, 5.74) is 14.5. The van der Waals surface area contributed by atoms with E-state index in [9.17, 15) is 19.8 Å². The first-order valence-corrected chi connectivity index (χ1v) is 6.49. The summed E-state index contributed by atoms with van der Waals surface area (Å²) >= 11 is 0. The first-order chi connectivity index (χ1) is 10.2. The minimum absolute atomic E-state index is 0.0197. The largest absolute Gasteiger partial charge is 0.478 e. The van der Waals surface area contributed by atoms with Gasteiger partial charge in [0.25, 0.3) is 0 Å². The van der Waals surface area contributed by atoms with Gasteiger partial charge in [-0.1, -0.05) is 0 Å². The Hall–Kier alpha value is -3.02. The van der Waals surface area contributed by atoms with Crippen LogP contribution in [0.5, 0.6) is 0 Å². The Kier molecular flexibility index (Phi) is 3.77. The number of rotatable bonds is 3. The molecule has 114 valence electrons. The van der Waals surface area contributed by atoms with Crippen LogP contribution in [0.25, 0.3) is 11.1 Å². The van der Waals surface area contributed by atoms with Crippen molar-refractivity contribution < 1.29 is 19.8 Å². The molecule has 0 fully saturated rings. The number of carboxylic acid groups (broad SMARTS) is 2. The summed E-state index contributed by atoms with van der Waals surface area (Å²) in [6.07, 6.45) is 0. The highest BCUT2D eigenvalue weighted by atomic mass is 16.4. The maximum absolute atomic E-state index is 11.2. The Morgan fingerprint density at radius 1 is 0.773 bits per heavy atom. The first kappa shape index (κ1) is 15.4. The van der Waals surface area contributed by atoms with E-state index in [1.165, 1.54) is 12.1 Å². The monoisotopic (exact) mass is 300 g/mol. The van der Waals surface area contributed by atoms with E-state index in [4.69, 9.17) is 11.5 Å². The van der Waals surface area contributed by atoms with E-state index < -0.39 is 11.9 Å². The Balaban J connectivity index is 2.76. The molecule has 2 aromatic carbocycles. The smallest absolute Gasteiger partial charge is 0.337 e. The summed E-state index contributed by atoms with van der Waals surface area (Å²) in [6.45, 7) is 3.57. The summed E-state index contributed by atoms with van der Waals surface area (Å²) in [5, 5.41) is 18.4. The van der Waals surface area contributed by atoms with Crippen molar-refractivity contribution in [1.29, 1.82) is 0 Å². The van der Waals surface area contributed by atoms with Gasteiger partial charge in [-0.05, 0) is 60.4 Å². The van der Waals surface area contributed by atoms with Gasteiger partial charge in [0.1, 0.15) is 0 Å². The van der Waals surface area contributed by atoms with Gasteiger partial charge < -0.3 is 21.7 Å². The van der Waals surface area contributed by atoms with Crippen molar-refractivity contribution in [2.24, 2.45) is 0 Å². The van der Waals surface area contributed by atoms with Gasteiger partial charge in [-0.25, -0.2) is 9.59 Å². The van der Waals surface area contributed by atoms with Crippen molar-refractivity contribution in [3.8, 4) is 11.1 Å². The van der Waals surface area contributed by atoms with Crippen LogP contribution in [0, 0.1) is 13.8 Å². The summed E-state index contributed by atoms with van der Waals surface area (Å²) in [6, 6.07) is 6.04. The van der Waals surface area contributed by atoms with Crippen LogP contribution in [0.15, 0.2) is 24.3 Å². The number of carbonyl (C=O) groups is 2. The number of carboxylic acids is 2. The lowest BCUT2D eigenvalue weighted by molar-refractivity contribution is 0.0687. The van der Waals surface area contributed by atoms with Gasteiger partial charge in [0, 0.05) is 11.4 Å². The normalized spacial score (nSPS) is 10.5. The van der Waals surface area contributed by atoms with Crippen LogP contribution >= 0.6 is 0 Å². The van der Waals surface area contributed by atoms with Gasteiger partial charge in [-0.2, -0.15) is 0 Å². The Morgan fingerprint density at radius 2 is 1.09 bits per heavy atom. The number of nitrogens with two attached hydrogens (primary N) is 2. The second kappa shape index (κ2) is 5.40. The average molecular weight is 300 g/mol. The third-order valence-corrected chi connectivity index (χ3v) is 3.54. The number of benzene rings is 2. The van der Waals surface area contributed by atoms with Crippen molar-refractivity contribution in [1.82, 2.24) is 0 Å². The fraction of sp³-hybridized carbons (Fsp3) is 0.125. The van der Waals surface area contributed by atoms with Crippen LogP contribution in [-0.2, 0) is 0 Å². The Bertz CT molecular complexity index is 730. The van der Waals surface area contributed by atoms with Crippen molar-refractivity contribution in [3.05, 3.63) is 46.5 Å². The predicted molar refractivity (Wildman–Crippen MR) is 84.1 cm³/mol. The fourth-order valence-corrected chi connectivity index (χ4v) is 2.41. The van der Waals surface area contributed by atoms with E-state index in [0.717, 1.165) is 11.1 Å². The molecule has 2 rings (SSSR count). The van der Waals surface area contributed by atoms with Crippen LogP contribution in [0.4, 0.5) is 11.4 Å². The minimum Gasteiger partial charge on any atom is -0.478 e. The van der Waals surface area contributed by atoms with Gasteiger partial charge in [0.15, 0.2) is 0 Å². The molecule has 0 atom stereocenters. The van der Waals surface area contributed by atoms with E-state index in [1.54, 1.807) is 26.0 Å². The van der Waals surface area contributed by atoms with Gasteiger partial charge in [-0.15, -0.1) is 0 Å². The molecular weight excluding hydrogens is 284 g/mol. The maximum Gasteiger partial charge on any atom is 0.337 e. The standard InChI is InChI=1S/C16H16N2O4/c1-7-3-13(17)11(15(19)20)5-9(7)10-6-12(16(21)22)14(18)4-8(10)2/h3-6H,17-18H2,1-2H3,(H,19,20)(H,21,22). The minimum atomic E-state index is -1.13. The zero-order valence-electron chi connectivity index (χ0n) is 12.2. The number of hydrogen-bond donors (Lipinski definition) is 4. The molecule has 2 aromatic rings. The SMILES string of the molecule is Cc1cc(N)c(C(=O)O)cc1-c1cc(C(=O)O)c(N)cc1C. The van der Waals surface area contributed by atoms with Crippen LogP contribution in [0.3, 0.4) is 0 Å². The topological polar surface area (TPSA) is 127 Å². The highest BCUT2D eigenvalue weighted by Gasteiger charge is 2.17. The third-order valence-electron chi connectivity index (χ3n) is 3.54. The van der Waals surface area contributed by atoms with Crippen LogP contribution in [-0.4, -0.2) is 22.2 Å². The van der Waals surface area contributed by atoms with Crippen LogP contribution in [0.1, 0.15) is 31.8 Å². The number of aromatic carboxylic acids is 2. The number of aryl methyl sites for hydroxylation is 2. The fourth-order valence-electron chi connectivity index (χ4n) is 2.41. The van der Waals surface area contributed by atoms with E-state index >= 15 is 0 Å². The second-order valence-corrected chi connectivity index (χ2v) is 5.12. The molecule has 6 heteroatoms. The van der Waals surface area contributed by atoms with E-state index in [1.807, 2.05) is 0 Å². The van der Waals surface area contributed by atoms with E-state index in [2.05, 4.69) is 0 Å². The number of hydrogen-bond acceptors (Lipinski definition) is 4. The molecule has 0 amide bonds. The highest BCUT2D eigenvalue weighted by molar-refractivity contribution is 5.98. The van der Waals surface area contributed by atoms with Gasteiger partial charge in [0.05, 0.1) is 11.1 Å². The quantitative estimate of drug-likeness (QED) is 0.645. The first-order valence-electron chi connectivity index (χ1n) is 6.49. The molecule has 0 unspecified atom stereocenters. The lowest BCUT2D eigenvalue weighted by atomic mass is 9.92. The van der Waals surface area contributed by atoms with Crippen molar-refractivity contribution >= 4 is 23.3 Å². The molecule has 0 radical (unpaired) electrons. The molecule has 6 nitrogen and oxygen atoms in total. The molecular formula is C16H16N2O4. The van der Waals surface area contributed by atoms with E-state index in [0.29, 0.717) is 11.1 Å². The molecule has 22 heavy (non-hydrogen) atoms. The second-order valence-electron chi connectivity index (χ2n) is 5.12. The van der Waals surface area contributed by atoms with Crippen LogP contribution in [0.2, 0.25) is 0 Å². The van der Waals surface area contributed by atoms with Gasteiger partial charge >= 0.3 is 11.9 Å². The number of nitrogen functional groups attached to an aromatic ring is 2. The third kappa shape index (κ3) is 2.58.